The minimum atomic E-state index is -0.118. The molecule has 3 rings (SSSR count). The summed E-state index contributed by atoms with van der Waals surface area (Å²) in [7, 11) is 0. The summed E-state index contributed by atoms with van der Waals surface area (Å²) < 4.78 is 5.86. The van der Waals surface area contributed by atoms with Gasteiger partial charge in [0.1, 0.15) is 11.5 Å². The van der Waals surface area contributed by atoms with Crippen LogP contribution in [0.2, 0.25) is 0 Å². The molecule has 5 nitrogen and oxygen atoms in total. The Kier molecular flexibility index (Phi) is 4.94. The first kappa shape index (κ1) is 18.0. The number of carbonyl (C=O) groups excluding carboxylic acids is 2. The van der Waals surface area contributed by atoms with E-state index in [2.05, 4.69) is 20.8 Å². The van der Waals surface area contributed by atoms with E-state index < -0.39 is 0 Å². The molecule has 0 saturated carbocycles. The first-order chi connectivity index (χ1) is 11.8. The minimum absolute atomic E-state index is 0.0492. The Hall–Kier alpha value is -1.78. The smallest absolute Gasteiger partial charge is 0.257 e. The van der Waals surface area contributed by atoms with Crippen molar-refractivity contribution in [2.24, 2.45) is 0 Å². The molecule has 2 saturated heterocycles. The SMILES string of the molecule is Cc1oc(C(C)(C)C)cc1C(=O)N1CCCCC1CN1CCCC1=O. The summed E-state index contributed by atoms with van der Waals surface area (Å²) in [5.74, 6) is 1.81. The molecule has 5 heteroatoms. The van der Waals surface area contributed by atoms with Gasteiger partial charge < -0.3 is 14.2 Å². The van der Waals surface area contributed by atoms with E-state index in [-0.39, 0.29) is 23.3 Å². The van der Waals surface area contributed by atoms with Gasteiger partial charge in [-0.3, -0.25) is 9.59 Å². The lowest BCUT2D eigenvalue weighted by molar-refractivity contribution is -0.128. The molecule has 138 valence electrons. The minimum Gasteiger partial charge on any atom is -0.465 e. The average molecular weight is 346 g/mol. The molecule has 1 aromatic rings. The normalized spacial score (nSPS) is 21.9. The molecule has 2 amide bonds. The van der Waals surface area contributed by atoms with Crippen LogP contribution < -0.4 is 0 Å². The van der Waals surface area contributed by atoms with Crippen LogP contribution in [0.5, 0.6) is 0 Å². The summed E-state index contributed by atoms with van der Waals surface area (Å²) in [6, 6.07) is 2.03. The van der Waals surface area contributed by atoms with E-state index in [1.54, 1.807) is 0 Å². The van der Waals surface area contributed by atoms with E-state index in [4.69, 9.17) is 4.42 Å². The van der Waals surface area contributed by atoms with E-state index in [0.717, 1.165) is 44.5 Å². The fourth-order valence-electron chi connectivity index (χ4n) is 3.83. The molecule has 0 spiro atoms. The second-order valence-corrected chi connectivity index (χ2v) is 8.42. The number of aryl methyl sites for hydroxylation is 1. The van der Waals surface area contributed by atoms with E-state index in [1.165, 1.54) is 0 Å². The van der Waals surface area contributed by atoms with Crippen LogP contribution in [0.1, 0.15) is 74.8 Å². The van der Waals surface area contributed by atoms with E-state index >= 15 is 0 Å². The summed E-state index contributed by atoms with van der Waals surface area (Å²) in [4.78, 5) is 29.1. The van der Waals surface area contributed by atoms with Gasteiger partial charge in [-0.05, 0) is 38.7 Å². The molecule has 2 fully saturated rings. The third kappa shape index (κ3) is 3.75. The van der Waals surface area contributed by atoms with E-state index in [1.807, 2.05) is 22.8 Å². The molecule has 0 N–H and O–H groups in total. The number of carbonyl (C=O) groups is 2. The van der Waals surface area contributed by atoms with Gasteiger partial charge in [0.25, 0.3) is 5.91 Å². The average Bonchev–Trinajstić information content (AvgIpc) is 3.13. The van der Waals surface area contributed by atoms with Crippen LogP contribution in [0.15, 0.2) is 10.5 Å². The third-order valence-corrected chi connectivity index (χ3v) is 5.38. The number of piperidine rings is 1. The number of amides is 2. The van der Waals surface area contributed by atoms with Gasteiger partial charge in [-0.15, -0.1) is 0 Å². The van der Waals surface area contributed by atoms with Gasteiger partial charge in [-0.2, -0.15) is 0 Å². The van der Waals surface area contributed by atoms with Crippen LogP contribution in [0.4, 0.5) is 0 Å². The molecule has 1 unspecified atom stereocenters. The largest absolute Gasteiger partial charge is 0.465 e. The highest BCUT2D eigenvalue weighted by atomic mass is 16.3. The highest BCUT2D eigenvalue weighted by Gasteiger charge is 2.33. The van der Waals surface area contributed by atoms with Crippen molar-refractivity contribution in [2.45, 2.75) is 71.3 Å². The number of likely N-dealkylation sites (tertiary alicyclic amines) is 2. The van der Waals surface area contributed by atoms with Gasteiger partial charge in [0.15, 0.2) is 0 Å². The highest BCUT2D eigenvalue weighted by molar-refractivity contribution is 5.95. The topological polar surface area (TPSA) is 53.8 Å². The predicted octanol–water partition coefficient (Wildman–Crippen LogP) is 3.50. The summed E-state index contributed by atoms with van der Waals surface area (Å²) in [5, 5.41) is 0. The summed E-state index contributed by atoms with van der Waals surface area (Å²) in [6.07, 6.45) is 4.71. The van der Waals surface area contributed by atoms with Crippen molar-refractivity contribution in [3.05, 3.63) is 23.2 Å². The van der Waals surface area contributed by atoms with Crippen LogP contribution in [0.25, 0.3) is 0 Å². The Morgan fingerprint density at radius 3 is 2.60 bits per heavy atom. The van der Waals surface area contributed by atoms with Crippen molar-refractivity contribution in [1.29, 1.82) is 0 Å². The molecule has 0 bridgehead atoms. The number of furan rings is 1. The highest BCUT2D eigenvalue weighted by Crippen LogP contribution is 2.29. The van der Waals surface area contributed by atoms with Gasteiger partial charge in [-0.1, -0.05) is 20.8 Å². The molecule has 0 aliphatic carbocycles. The molecule has 2 aliphatic heterocycles. The Morgan fingerprint density at radius 1 is 1.24 bits per heavy atom. The second-order valence-electron chi connectivity index (χ2n) is 8.42. The number of hydrogen-bond donors (Lipinski definition) is 0. The summed E-state index contributed by atoms with van der Waals surface area (Å²) in [5.41, 5.74) is 0.552. The molecule has 3 heterocycles. The van der Waals surface area contributed by atoms with Gasteiger partial charge in [0.2, 0.25) is 5.91 Å². The number of hydrogen-bond acceptors (Lipinski definition) is 3. The monoisotopic (exact) mass is 346 g/mol. The van der Waals surface area contributed by atoms with E-state index in [9.17, 15) is 9.59 Å². The van der Waals surface area contributed by atoms with Crippen LogP contribution in [0, 0.1) is 6.92 Å². The molecule has 0 radical (unpaired) electrons. The summed E-state index contributed by atoms with van der Waals surface area (Å²) in [6.45, 7) is 10.4. The first-order valence-electron chi connectivity index (χ1n) is 9.47. The van der Waals surface area contributed by atoms with Crippen LogP contribution in [0.3, 0.4) is 0 Å². The third-order valence-electron chi connectivity index (χ3n) is 5.38. The summed E-state index contributed by atoms with van der Waals surface area (Å²) >= 11 is 0. The predicted molar refractivity (Wildman–Crippen MR) is 96.6 cm³/mol. The standard InChI is InChI=1S/C20H30N2O3/c1-14-16(12-17(25-14)20(2,3)4)19(24)22-11-6-5-8-15(22)13-21-10-7-9-18(21)23/h12,15H,5-11,13H2,1-4H3. The van der Waals surface area contributed by atoms with Gasteiger partial charge in [-0.25, -0.2) is 0 Å². The Balaban J connectivity index is 1.79. The van der Waals surface area contributed by atoms with Crippen molar-refractivity contribution in [1.82, 2.24) is 9.80 Å². The van der Waals surface area contributed by atoms with Crippen molar-refractivity contribution in [2.75, 3.05) is 19.6 Å². The van der Waals surface area contributed by atoms with Crippen LogP contribution in [-0.2, 0) is 10.2 Å². The second kappa shape index (κ2) is 6.85. The molecule has 2 aliphatic rings. The van der Waals surface area contributed by atoms with Gasteiger partial charge in [0.05, 0.1) is 5.56 Å². The molecule has 0 aromatic carbocycles. The van der Waals surface area contributed by atoms with Gasteiger partial charge >= 0.3 is 0 Å². The zero-order valence-electron chi connectivity index (χ0n) is 15.9. The fraction of sp³-hybridized carbons (Fsp3) is 0.700. The van der Waals surface area contributed by atoms with Crippen molar-refractivity contribution in [3.63, 3.8) is 0 Å². The Bertz CT molecular complexity index is 656. The fourth-order valence-corrected chi connectivity index (χ4v) is 3.83. The maximum absolute atomic E-state index is 13.2. The Labute approximate surface area is 150 Å². The van der Waals surface area contributed by atoms with Crippen LogP contribution >= 0.6 is 0 Å². The molecule has 25 heavy (non-hydrogen) atoms. The van der Waals surface area contributed by atoms with Crippen molar-refractivity contribution in [3.8, 4) is 0 Å². The quantitative estimate of drug-likeness (QED) is 0.842. The zero-order chi connectivity index (χ0) is 18.2. The maximum Gasteiger partial charge on any atom is 0.257 e. The van der Waals surface area contributed by atoms with Crippen molar-refractivity contribution < 1.29 is 14.0 Å². The first-order valence-corrected chi connectivity index (χ1v) is 9.47. The van der Waals surface area contributed by atoms with Crippen LogP contribution in [-0.4, -0.2) is 47.3 Å². The maximum atomic E-state index is 13.2. The Morgan fingerprint density at radius 2 is 2.00 bits per heavy atom. The van der Waals surface area contributed by atoms with Gasteiger partial charge in [0, 0.05) is 37.5 Å². The lowest BCUT2D eigenvalue weighted by atomic mass is 9.93. The molecular formula is C20H30N2O3. The van der Waals surface area contributed by atoms with Crippen molar-refractivity contribution >= 4 is 11.8 Å². The molecule has 1 atom stereocenters. The van der Waals surface area contributed by atoms with E-state index in [0.29, 0.717) is 24.3 Å². The lowest BCUT2D eigenvalue weighted by Crippen LogP contribution is -2.49. The number of nitrogens with zero attached hydrogens (tertiary/aromatic N) is 2. The lowest BCUT2D eigenvalue weighted by Gasteiger charge is -2.37. The molecular weight excluding hydrogens is 316 g/mol. The number of rotatable bonds is 3. The molecule has 1 aromatic heterocycles. The zero-order valence-corrected chi connectivity index (χ0v) is 15.9.